The molecule has 1 aromatic carbocycles. The van der Waals surface area contributed by atoms with Crippen molar-refractivity contribution in [1.82, 2.24) is 5.32 Å². The third-order valence-electron chi connectivity index (χ3n) is 2.07. The molecule has 1 N–H and O–H groups in total. The largest absolute Gasteiger partial charge is 0.312 e. The van der Waals surface area contributed by atoms with Crippen LogP contribution in [0.2, 0.25) is 0 Å². The zero-order valence-corrected chi connectivity index (χ0v) is 11.8. The first kappa shape index (κ1) is 13.1. The smallest absolute Gasteiger partial charge is 0.0360 e. The highest BCUT2D eigenvalue weighted by molar-refractivity contribution is 14.1. The number of benzene rings is 1. The van der Waals surface area contributed by atoms with Crippen LogP contribution in [-0.2, 0) is 17.3 Å². The van der Waals surface area contributed by atoms with Gasteiger partial charge in [-0.15, -0.1) is 0 Å². The Balaban J connectivity index is 2.20. The average molecular weight is 337 g/mol. The highest BCUT2D eigenvalue weighted by Crippen LogP contribution is 2.06. The number of hydrogen-bond acceptors (Lipinski definition) is 2. The van der Waals surface area contributed by atoms with E-state index in [1.54, 1.807) is 0 Å². The number of rotatable bonds is 6. The van der Waals surface area contributed by atoms with Crippen LogP contribution in [0.15, 0.2) is 24.3 Å². The van der Waals surface area contributed by atoms with E-state index in [4.69, 9.17) is 0 Å². The fraction of sp³-hybridized carbons (Fsp3) is 0.455. The molecular weight excluding hydrogens is 321 g/mol. The zero-order chi connectivity index (χ0) is 11.1. The number of nitrogens with one attached hydrogen (secondary N) is 1. The van der Waals surface area contributed by atoms with Gasteiger partial charge in [-0.2, -0.15) is 0 Å². The summed E-state index contributed by atoms with van der Waals surface area (Å²) >= 11 is 2.29. The van der Waals surface area contributed by atoms with Gasteiger partial charge < -0.3 is 5.32 Å². The SMILES string of the molecule is CCS(=O)CCNCc1ccc(I)cc1. The van der Waals surface area contributed by atoms with Gasteiger partial charge in [0.1, 0.15) is 0 Å². The minimum atomic E-state index is -0.652. The molecule has 0 spiro atoms. The number of hydrogen-bond donors (Lipinski definition) is 1. The first-order valence-corrected chi connectivity index (χ1v) is 7.59. The fourth-order valence-electron chi connectivity index (χ4n) is 1.17. The Morgan fingerprint density at radius 2 is 2.00 bits per heavy atom. The van der Waals surface area contributed by atoms with E-state index < -0.39 is 10.8 Å². The van der Waals surface area contributed by atoms with Gasteiger partial charge in [-0.1, -0.05) is 19.1 Å². The molecule has 15 heavy (non-hydrogen) atoms. The van der Waals surface area contributed by atoms with Crippen LogP contribution in [0, 0.1) is 3.57 Å². The summed E-state index contributed by atoms with van der Waals surface area (Å²) < 4.78 is 12.4. The van der Waals surface area contributed by atoms with Crippen LogP contribution >= 0.6 is 22.6 Å². The first-order valence-electron chi connectivity index (χ1n) is 5.02. The summed E-state index contributed by atoms with van der Waals surface area (Å²) in [6.07, 6.45) is 0. The second-order valence-corrected chi connectivity index (χ2v) is 6.35. The van der Waals surface area contributed by atoms with Crippen molar-refractivity contribution in [1.29, 1.82) is 0 Å². The Morgan fingerprint density at radius 1 is 1.33 bits per heavy atom. The Labute approximate surface area is 107 Å². The predicted octanol–water partition coefficient (Wildman–Crippen LogP) is 2.15. The van der Waals surface area contributed by atoms with Crippen molar-refractivity contribution in [3.8, 4) is 0 Å². The predicted molar refractivity (Wildman–Crippen MR) is 74.4 cm³/mol. The molecule has 2 nitrogen and oxygen atoms in total. The maximum atomic E-state index is 11.1. The molecule has 0 aromatic heterocycles. The lowest BCUT2D eigenvalue weighted by Crippen LogP contribution is -2.20. The molecule has 0 fully saturated rings. The van der Waals surface area contributed by atoms with Gasteiger partial charge in [-0.25, -0.2) is 0 Å². The van der Waals surface area contributed by atoms with Gasteiger partial charge in [-0.05, 0) is 40.3 Å². The highest BCUT2D eigenvalue weighted by Gasteiger charge is 1.96. The Hall–Kier alpha value is 0.0600. The molecule has 0 saturated carbocycles. The van der Waals surface area contributed by atoms with Gasteiger partial charge in [0, 0.05) is 39.0 Å². The first-order chi connectivity index (χ1) is 7.22. The molecule has 84 valence electrons. The molecule has 0 aliphatic rings. The lowest BCUT2D eigenvalue weighted by atomic mass is 10.2. The van der Waals surface area contributed by atoms with Gasteiger partial charge in [0.25, 0.3) is 0 Å². The monoisotopic (exact) mass is 337 g/mol. The van der Waals surface area contributed by atoms with Gasteiger partial charge in [0.15, 0.2) is 0 Å². The van der Waals surface area contributed by atoms with E-state index in [1.807, 2.05) is 6.92 Å². The lowest BCUT2D eigenvalue weighted by Gasteiger charge is -2.04. The maximum Gasteiger partial charge on any atom is 0.0360 e. The Morgan fingerprint density at radius 3 is 2.60 bits per heavy atom. The molecule has 1 unspecified atom stereocenters. The lowest BCUT2D eigenvalue weighted by molar-refractivity contribution is 0.674. The zero-order valence-electron chi connectivity index (χ0n) is 8.83. The maximum absolute atomic E-state index is 11.1. The summed E-state index contributed by atoms with van der Waals surface area (Å²) in [4.78, 5) is 0. The van der Waals surface area contributed by atoms with Crippen LogP contribution in [0.5, 0.6) is 0 Å². The summed E-state index contributed by atoms with van der Waals surface area (Å²) in [7, 11) is -0.652. The molecule has 4 heteroatoms. The van der Waals surface area contributed by atoms with Gasteiger partial charge in [0.05, 0.1) is 0 Å². The molecule has 1 atom stereocenters. The molecule has 1 rings (SSSR count). The summed E-state index contributed by atoms with van der Waals surface area (Å²) in [5.41, 5.74) is 1.28. The van der Waals surface area contributed by atoms with Crippen LogP contribution < -0.4 is 5.32 Å². The molecule has 0 saturated heterocycles. The summed E-state index contributed by atoms with van der Waals surface area (Å²) in [5, 5.41) is 3.29. The number of halogens is 1. The molecule has 0 heterocycles. The Kier molecular flexibility index (Phi) is 6.43. The van der Waals surface area contributed by atoms with Crippen molar-refractivity contribution < 1.29 is 4.21 Å². The Bertz CT molecular complexity index is 313. The standard InChI is InChI=1S/C11H16INOS/c1-2-15(14)8-7-13-9-10-3-5-11(12)6-4-10/h3-6,13H,2,7-9H2,1H3. The summed E-state index contributed by atoms with van der Waals surface area (Å²) in [6, 6.07) is 8.43. The second-order valence-electron chi connectivity index (χ2n) is 3.24. The third-order valence-corrected chi connectivity index (χ3v) is 4.09. The van der Waals surface area contributed by atoms with E-state index in [0.29, 0.717) is 0 Å². The van der Waals surface area contributed by atoms with Crippen molar-refractivity contribution in [3.63, 3.8) is 0 Å². The molecule has 0 radical (unpaired) electrons. The van der Waals surface area contributed by atoms with E-state index >= 15 is 0 Å². The van der Waals surface area contributed by atoms with Crippen LogP contribution in [0.4, 0.5) is 0 Å². The van der Waals surface area contributed by atoms with E-state index in [1.165, 1.54) is 9.13 Å². The molecule has 1 aromatic rings. The minimum absolute atomic E-state index is 0.652. The average Bonchev–Trinajstić information content (AvgIpc) is 2.26. The van der Waals surface area contributed by atoms with Crippen LogP contribution in [0.1, 0.15) is 12.5 Å². The van der Waals surface area contributed by atoms with Crippen molar-refractivity contribution in [3.05, 3.63) is 33.4 Å². The van der Waals surface area contributed by atoms with Crippen molar-refractivity contribution in [2.24, 2.45) is 0 Å². The third kappa shape index (κ3) is 5.63. The summed E-state index contributed by atoms with van der Waals surface area (Å²) in [6.45, 7) is 3.64. The van der Waals surface area contributed by atoms with Crippen LogP contribution in [0.25, 0.3) is 0 Å². The molecule has 0 bridgehead atoms. The van der Waals surface area contributed by atoms with Crippen molar-refractivity contribution in [2.45, 2.75) is 13.5 Å². The molecular formula is C11H16INOS. The van der Waals surface area contributed by atoms with E-state index in [-0.39, 0.29) is 0 Å². The van der Waals surface area contributed by atoms with Gasteiger partial charge >= 0.3 is 0 Å². The second kappa shape index (κ2) is 7.35. The van der Waals surface area contributed by atoms with E-state index in [9.17, 15) is 4.21 Å². The topological polar surface area (TPSA) is 29.1 Å². The van der Waals surface area contributed by atoms with E-state index in [2.05, 4.69) is 52.2 Å². The molecule has 0 aliphatic heterocycles. The molecule has 0 amide bonds. The minimum Gasteiger partial charge on any atom is -0.312 e. The quantitative estimate of drug-likeness (QED) is 0.637. The van der Waals surface area contributed by atoms with Gasteiger partial charge in [0.2, 0.25) is 0 Å². The van der Waals surface area contributed by atoms with Crippen molar-refractivity contribution in [2.75, 3.05) is 18.1 Å². The van der Waals surface area contributed by atoms with Crippen molar-refractivity contribution >= 4 is 33.4 Å². The highest BCUT2D eigenvalue weighted by atomic mass is 127. The van der Waals surface area contributed by atoms with Crippen LogP contribution in [-0.4, -0.2) is 22.3 Å². The van der Waals surface area contributed by atoms with Crippen LogP contribution in [0.3, 0.4) is 0 Å². The fourth-order valence-corrected chi connectivity index (χ4v) is 2.19. The summed E-state index contributed by atoms with van der Waals surface area (Å²) in [5.74, 6) is 1.51. The molecule has 0 aliphatic carbocycles. The van der Waals surface area contributed by atoms with Gasteiger partial charge in [-0.3, -0.25) is 4.21 Å². The van der Waals surface area contributed by atoms with E-state index in [0.717, 1.165) is 24.6 Å². The normalized spacial score (nSPS) is 12.7.